The second-order valence-corrected chi connectivity index (χ2v) is 8.57. The molecule has 0 aliphatic carbocycles. The van der Waals surface area contributed by atoms with E-state index < -0.39 is 0 Å². The Morgan fingerprint density at radius 2 is 1.59 bits per heavy atom. The second-order valence-electron chi connectivity index (χ2n) is 8.57. The van der Waals surface area contributed by atoms with Crippen molar-refractivity contribution in [3.05, 3.63) is 59.2 Å². The van der Waals surface area contributed by atoms with Crippen LogP contribution in [0.25, 0.3) is 0 Å². The maximum atomic E-state index is 12.6. The van der Waals surface area contributed by atoms with E-state index in [0.29, 0.717) is 5.56 Å². The number of rotatable bonds is 3. The van der Waals surface area contributed by atoms with Crippen LogP contribution in [0.5, 0.6) is 0 Å². The van der Waals surface area contributed by atoms with Crippen LogP contribution in [0, 0.1) is 6.92 Å². The predicted octanol–water partition coefficient (Wildman–Crippen LogP) is 4.30. The lowest BCUT2D eigenvalue weighted by Gasteiger charge is -2.35. The van der Waals surface area contributed by atoms with Gasteiger partial charge in [0.1, 0.15) is 0 Å². The average molecular weight is 366 g/mol. The molecular weight excluding hydrogens is 334 g/mol. The van der Waals surface area contributed by atoms with Gasteiger partial charge in [-0.1, -0.05) is 32.9 Å². The van der Waals surface area contributed by atoms with Crippen molar-refractivity contribution in [1.29, 1.82) is 0 Å². The average Bonchev–Trinajstić information content (AvgIpc) is 2.62. The minimum absolute atomic E-state index is 0.0674. The van der Waals surface area contributed by atoms with Crippen molar-refractivity contribution in [3.63, 3.8) is 0 Å². The van der Waals surface area contributed by atoms with Crippen molar-refractivity contribution in [2.24, 2.45) is 0 Å². The van der Waals surface area contributed by atoms with Crippen LogP contribution in [0.1, 0.15) is 42.3 Å². The summed E-state index contributed by atoms with van der Waals surface area (Å²) in [5.41, 5.74) is 5.30. The summed E-state index contributed by atoms with van der Waals surface area (Å²) < 4.78 is 0. The van der Waals surface area contributed by atoms with Crippen LogP contribution >= 0.6 is 0 Å². The fourth-order valence-corrected chi connectivity index (χ4v) is 3.46. The Bertz CT molecular complexity index is 797. The lowest BCUT2D eigenvalue weighted by atomic mass is 9.87. The largest absolute Gasteiger partial charge is 0.369 e. The SMILES string of the molecule is Cc1cc(NC(=O)c2ccc(C(C)(C)C)cc2)ccc1N1CCN(C)CC1. The van der Waals surface area contributed by atoms with Gasteiger partial charge in [0.15, 0.2) is 0 Å². The topological polar surface area (TPSA) is 35.6 Å². The van der Waals surface area contributed by atoms with Gasteiger partial charge in [0.2, 0.25) is 0 Å². The van der Waals surface area contributed by atoms with Gasteiger partial charge < -0.3 is 15.1 Å². The molecule has 144 valence electrons. The highest BCUT2D eigenvalue weighted by Gasteiger charge is 2.17. The molecule has 1 amide bonds. The van der Waals surface area contributed by atoms with E-state index in [0.717, 1.165) is 31.9 Å². The molecule has 0 radical (unpaired) electrons. The van der Waals surface area contributed by atoms with Gasteiger partial charge in [0.25, 0.3) is 5.91 Å². The van der Waals surface area contributed by atoms with Gasteiger partial charge in [-0.05, 0) is 60.8 Å². The van der Waals surface area contributed by atoms with Crippen molar-refractivity contribution >= 4 is 17.3 Å². The molecule has 1 fully saturated rings. The zero-order valence-electron chi connectivity index (χ0n) is 17.2. The molecule has 1 saturated heterocycles. The second kappa shape index (κ2) is 7.73. The molecule has 0 bridgehead atoms. The van der Waals surface area contributed by atoms with Gasteiger partial charge in [-0.15, -0.1) is 0 Å². The highest BCUT2D eigenvalue weighted by atomic mass is 16.1. The first kappa shape index (κ1) is 19.4. The third-order valence-electron chi connectivity index (χ3n) is 5.31. The zero-order chi connectivity index (χ0) is 19.6. The van der Waals surface area contributed by atoms with Crippen molar-refractivity contribution in [2.75, 3.05) is 43.4 Å². The maximum Gasteiger partial charge on any atom is 0.255 e. The van der Waals surface area contributed by atoms with E-state index in [9.17, 15) is 4.79 Å². The molecule has 1 N–H and O–H groups in total. The Balaban J connectivity index is 1.68. The molecule has 1 aliphatic heterocycles. The number of amides is 1. The number of piperazine rings is 1. The van der Waals surface area contributed by atoms with E-state index in [2.05, 4.69) is 62.0 Å². The first-order valence-corrected chi connectivity index (χ1v) is 9.70. The number of likely N-dealkylation sites (N-methyl/N-ethyl adjacent to an activating group) is 1. The zero-order valence-corrected chi connectivity index (χ0v) is 17.2. The molecule has 2 aromatic carbocycles. The monoisotopic (exact) mass is 365 g/mol. The number of carbonyl (C=O) groups excluding carboxylic acids is 1. The molecular formula is C23H31N3O. The molecule has 3 rings (SSSR count). The summed E-state index contributed by atoms with van der Waals surface area (Å²) in [5, 5.41) is 3.03. The molecule has 1 aliphatic rings. The number of nitrogens with one attached hydrogen (secondary N) is 1. The van der Waals surface area contributed by atoms with Crippen LogP contribution in [-0.4, -0.2) is 44.0 Å². The minimum atomic E-state index is -0.0674. The molecule has 0 atom stereocenters. The van der Waals surface area contributed by atoms with Crippen LogP contribution in [0.4, 0.5) is 11.4 Å². The van der Waals surface area contributed by atoms with Crippen LogP contribution in [0.15, 0.2) is 42.5 Å². The van der Waals surface area contributed by atoms with E-state index in [1.807, 2.05) is 30.3 Å². The summed E-state index contributed by atoms with van der Waals surface area (Å²) in [6, 6.07) is 14.1. The number of aryl methyl sites for hydroxylation is 1. The first-order valence-electron chi connectivity index (χ1n) is 9.70. The Hall–Kier alpha value is -2.33. The van der Waals surface area contributed by atoms with Gasteiger partial charge in [0, 0.05) is 43.1 Å². The number of benzene rings is 2. The van der Waals surface area contributed by atoms with Crippen molar-refractivity contribution in [3.8, 4) is 0 Å². The Morgan fingerprint density at radius 3 is 2.15 bits per heavy atom. The quantitative estimate of drug-likeness (QED) is 0.881. The van der Waals surface area contributed by atoms with Crippen molar-refractivity contribution in [2.45, 2.75) is 33.1 Å². The summed E-state index contributed by atoms with van der Waals surface area (Å²) in [7, 11) is 2.16. The normalized spacial score (nSPS) is 15.7. The van der Waals surface area contributed by atoms with E-state index >= 15 is 0 Å². The van der Waals surface area contributed by atoms with Crippen molar-refractivity contribution < 1.29 is 4.79 Å². The number of hydrogen-bond acceptors (Lipinski definition) is 3. The van der Waals surface area contributed by atoms with Crippen LogP contribution in [0.3, 0.4) is 0 Å². The molecule has 4 heteroatoms. The van der Waals surface area contributed by atoms with Crippen LogP contribution < -0.4 is 10.2 Å². The number of anilines is 2. The van der Waals surface area contributed by atoms with Crippen molar-refractivity contribution in [1.82, 2.24) is 4.90 Å². The summed E-state index contributed by atoms with van der Waals surface area (Å²) in [6.07, 6.45) is 0. The Morgan fingerprint density at radius 1 is 0.963 bits per heavy atom. The summed E-state index contributed by atoms with van der Waals surface area (Å²) in [5.74, 6) is -0.0674. The standard InChI is InChI=1S/C23H31N3O/c1-17-16-20(10-11-21(17)26-14-12-25(5)13-15-26)24-22(27)18-6-8-19(9-7-18)23(2,3)4/h6-11,16H,12-15H2,1-5H3,(H,24,27). The first-order chi connectivity index (χ1) is 12.7. The molecule has 1 heterocycles. The molecule has 2 aromatic rings. The third-order valence-corrected chi connectivity index (χ3v) is 5.31. The minimum Gasteiger partial charge on any atom is -0.369 e. The molecule has 4 nitrogen and oxygen atoms in total. The molecule has 0 saturated carbocycles. The maximum absolute atomic E-state index is 12.6. The van der Waals surface area contributed by atoms with E-state index in [-0.39, 0.29) is 11.3 Å². The smallest absolute Gasteiger partial charge is 0.255 e. The molecule has 0 unspecified atom stereocenters. The lowest BCUT2D eigenvalue weighted by molar-refractivity contribution is 0.102. The van der Waals surface area contributed by atoms with Crippen LogP contribution in [-0.2, 0) is 5.41 Å². The third kappa shape index (κ3) is 4.69. The van der Waals surface area contributed by atoms with Gasteiger partial charge in [-0.25, -0.2) is 0 Å². The van der Waals surface area contributed by atoms with Gasteiger partial charge >= 0.3 is 0 Å². The van der Waals surface area contributed by atoms with Crippen LogP contribution in [0.2, 0.25) is 0 Å². The van der Waals surface area contributed by atoms with Gasteiger partial charge in [-0.3, -0.25) is 4.79 Å². The number of hydrogen-bond donors (Lipinski definition) is 1. The van der Waals surface area contributed by atoms with Gasteiger partial charge in [-0.2, -0.15) is 0 Å². The Kier molecular flexibility index (Phi) is 5.56. The van der Waals surface area contributed by atoms with E-state index in [1.54, 1.807) is 0 Å². The number of carbonyl (C=O) groups is 1. The summed E-state index contributed by atoms with van der Waals surface area (Å²) >= 11 is 0. The highest BCUT2D eigenvalue weighted by molar-refractivity contribution is 6.04. The van der Waals surface area contributed by atoms with Gasteiger partial charge in [0.05, 0.1) is 0 Å². The lowest BCUT2D eigenvalue weighted by Crippen LogP contribution is -2.44. The molecule has 0 aromatic heterocycles. The summed E-state index contributed by atoms with van der Waals surface area (Å²) in [6.45, 7) is 12.9. The molecule has 27 heavy (non-hydrogen) atoms. The molecule has 0 spiro atoms. The highest BCUT2D eigenvalue weighted by Crippen LogP contribution is 2.26. The fourth-order valence-electron chi connectivity index (χ4n) is 3.46. The predicted molar refractivity (Wildman–Crippen MR) is 114 cm³/mol. The van der Waals surface area contributed by atoms with E-state index in [4.69, 9.17) is 0 Å². The Labute approximate surface area is 163 Å². The number of nitrogens with zero attached hydrogens (tertiary/aromatic N) is 2. The summed E-state index contributed by atoms with van der Waals surface area (Å²) in [4.78, 5) is 17.4. The fraction of sp³-hybridized carbons (Fsp3) is 0.435. The van der Waals surface area contributed by atoms with E-state index in [1.165, 1.54) is 16.8 Å².